The fraction of sp³-hybridized carbons (Fsp3) is 0.286. The number of ether oxygens (including phenoxy) is 2. The molecule has 3 aromatic rings. The lowest BCUT2D eigenvalue weighted by Crippen LogP contribution is -2.26. The highest BCUT2D eigenvalue weighted by molar-refractivity contribution is 7.15. The number of carbonyl (C=O) groups is 1. The molecule has 0 atom stereocenters. The maximum atomic E-state index is 12.8. The number of thiophene rings is 1. The van der Waals surface area contributed by atoms with E-state index in [2.05, 4.69) is 5.32 Å². The van der Waals surface area contributed by atoms with Crippen molar-refractivity contribution < 1.29 is 14.3 Å². The van der Waals surface area contributed by atoms with Crippen molar-refractivity contribution in [3.05, 3.63) is 64.3 Å². The van der Waals surface area contributed by atoms with E-state index in [0.29, 0.717) is 24.5 Å². The number of aromatic nitrogens is 1. The summed E-state index contributed by atoms with van der Waals surface area (Å²) >= 11 is 1.64. The Labute approximate surface area is 163 Å². The molecule has 1 amide bonds. The molecule has 0 aliphatic heterocycles. The van der Waals surface area contributed by atoms with Crippen molar-refractivity contribution in [1.82, 2.24) is 9.88 Å². The van der Waals surface area contributed by atoms with E-state index in [1.165, 1.54) is 0 Å². The molecule has 3 rings (SSSR count). The van der Waals surface area contributed by atoms with Gasteiger partial charge in [-0.25, -0.2) is 0 Å². The van der Waals surface area contributed by atoms with Crippen LogP contribution in [0.3, 0.4) is 0 Å². The van der Waals surface area contributed by atoms with Crippen LogP contribution in [0.2, 0.25) is 0 Å². The van der Waals surface area contributed by atoms with Gasteiger partial charge >= 0.3 is 0 Å². The number of aryl methyl sites for hydroxylation is 1. The van der Waals surface area contributed by atoms with Crippen LogP contribution in [0.4, 0.5) is 0 Å². The monoisotopic (exact) mass is 384 g/mol. The Morgan fingerprint density at radius 1 is 1.11 bits per heavy atom. The Hall–Kier alpha value is -2.73. The molecule has 6 heteroatoms. The maximum Gasteiger partial charge on any atom is 0.254 e. The molecular formula is C21H24N2O3S. The van der Waals surface area contributed by atoms with Crippen LogP contribution >= 0.6 is 11.3 Å². The summed E-state index contributed by atoms with van der Waals surface area (Å²) in [5.41, 5.74) is 2.87. The van der Waals surface area contributed by atoms with Crippen molar-refractivity contribution in [2.45, 2.75) is 20.3 Å². The highest BCUT2D eigenvalue weighted by atomic mass is 32.1. The van der Waals surface area contributed by atoms with Gasteiger partial charge in [-0.1, -0.05) is 6.07 Å². The molecule has 1 N–H and O–H groups in total. The third kappa shape index (κ3) is 4.01. The van der Waals surface area contributed by atoms with Crippen LogP contribution < -0.4 is 14.8 Å². The lowest BCUT2D eigenvalue weighted by molar-refractivity contribution is 0.0954. The van der Waals surface area contributed by atoms with Gasteiger partial charge in [-0.05, 0) is 55.7 Å². The molecule has 0 bridgehead atoms. The molecule has 0 spiro atoms. The van der Waals surface area contributed by atoms with Crippen LogP contribution in [-0.2, 0) is 6.42 Å². The summed E-state index contributed by atoms with van der Waals surface area (Å²) < 4.78 is 12.6. The van der Waals surface area contributed by atoms with Gasteiger partial charge in [0.2, 0.25) is 0 Å². The van der Waals surface area contributed by atoms with E-state index >= 15 is 0 Å². The number of nitrogens with zero attached hydrogens (tertiary/aromatic N) is 1. The Morgan fingerprint density at radius 2 is 1.81 bits per heavy atom. The molecule has 0 saturated carbocycles. The zero-order valence-corrected chi connectivity index (χ0v) is 16.9. The van der Waals surface area contributed by atoms with Crippen LogP contribution in [0.25, 0.3) is 5.00 Å². The third-order valence-corrected chi connectivity index (χ3v) is 5.80. The number of hydrogen-bond donors (Lipinski definition) is 1. The smallest absolute Gasteiger partial charge is 0.254 e. The number of rotatable bonds is 7. The first-order valence-electron chi connectivity index (χ1n) is 8.77. The minimum Gasteiger partial charge on any atom is -0.493 e. The topological polar surface area (TPSA) is 52.5 Å². The largest absolute Gasteiger partial charge is 0.493 e. The fourth-order valence-electron chi connectivity index (χ4n) is 2.97. The zero-order valence-electron chi connectivity index (χ0n) is 16.0. The van der Waals surface area contributed by atoms with E-state index in [9.17, 15) is 4.79 Å². The molecule has 27 heavy (non-hydrogen) atoms. The van der Waals surface area contributed by atoms with E-state index in [1.807, 2.05) is 61.1 Å². The van der Waals surface area contributed by atoms with Crippen LogP contribution in [0, 0.1) is 13.8 Å². The second kappa shape index (κ2) is 8.31. The van der Waals surface area contributed by atoms with Gasteiger partial charge in [-0.15, -0.1) is 11.3 Å². The van der Waals surface area contributed by atoms with Gasteiger partial charge in [-0.2, -0.15) is 0 Å². The molecule has 142 valence electrons. The average molecular weight is 385 g/mol. The Morgan fingerprint density at radius 3 is 2.48 bits per heavy atom. The Balaban J connectivity index is 1.70. The normalized spacial score (nSPS) is 10.7. The molecule has 0 aliphatic rings. The van der Waals surface area contributed by atoms with E-state index in [-0.39, 0.29) is 5.91 Å². The molecule has 0 aliphatic carbocycles. The summed E-state index contributed by atoms with van der Waals surface area (Å²) in [6.07, 6.45) is 4.64. The van der Waals surface area contributed by atoms with Crippen molar-refractivity contribution in [2.75, 3.05) is 20.8 Å². The fourth-order valence-corrected chi connectivity index (χ4v) is 4.09. The van der Waals surface area contributed by atoms with E-state index in [0.717, 1.165) is 26.6 Å². The quantitative estimate of drug-likeness (QED) is 0.666. The highest BCUT2D eigenvalue weighted by Gasteiger charge is 2.20. The summed E-state index contributed by atoms with van der Waals surface area (Å²) in [6.45, 7) is 4.60. The molecule has 0 radical (unpaired) electrons. The zero-order chi connectivity index (χ0) is 19.4. The summed E-state index contributed by atoms with van der Waals surface area (Å²) in [6, 6.07) is 9.73. The van der Waals surface area contributed by atoms with Gasteiger partial charge in [0.25, 0.3) is 5.91 Å². The van der Waals surface area contributed by atoms with Crippen molar-refractivity contribution in [3.63, 3.8) is 0 Å². The summed E-state index contributed by atoms with van der Waals surface area (Å²) in [4.78, 5) is 14.0. The van der Waals surface area contributed by atoms with Crippen molar-refractivity contribution >= 4 is 17.2 Å². The number of hydrogen-bond acceptors (Lipinski definition) is 4. The van der Waals surface area contributed by atoms with Crippen molar-refractivity contribution in [3.8, 4) is 16.5 Å². The molecule has 0 saturated heterocycles. The van der Waals surface area contributed by atoms with E-state index < -0.39 is 0 Å². The number of nitrogens with one attached hydrogen (secondary N) is 1. The lowest BCUT2D eigenvalue weighted by atomic mass is 10.1. The van der Waals surface area contributed by atoms with Gasteiger partial charge in [-0.3, -0.25) is 4.79 Å². The van der Waals surface area contributed by atoms with Crippen LogP contribution in [-0.4, -0.2) is 31.2 Å². The van der Waals surface area contributed by atoms with Gasteiger partial charge in [0.1, 0.15) is 5.00 Å². The molecule has 0 unspecified atom stereocenters. The number of methoxy groups -OCH3 is 2. The summed E-state index contributed by atoms with van der Waals surface area (Å²) in [5, 5.41) is 4.01. The molecule has 0 fully saturated rings. The second-order valence-corrected chi connectivity index (χ2v) is 7.45. The number of benzene rings is 1. The minimum atomic E-state index is -0.0407. The molecule has 2 aromatic heterocycles. The SMILES string of the molecule is COc1ccc(CCNC(=O)c2c(-n3cccc3)sc(C)c2C)cc1OC. The van der Waals surface area contributed by atoms with E-state index in [1.54, 1.807) is 25.6 Å². The number of carbonyl (C=O) groups excluding carboxylic acids is 1. The van der Waals surface area contributed by atoms with Gasteiger partial charge in [0.05, 0.1) is 19.8 Å². The summed E-state index contributed by atoms with van der Waals surface area (Å²) in [7, 11) is 3.24. The highest BCUT2D eigenvalue weighted by Crippen LogP contribution is 2.31. The second-order valence-electron chi connectivity index (χ2n) is 6.25. The lowest BCUT2D eigenvalue weighted by Gasteiger charge is -2.11. The molecular weight excluding hydrogens is 360 g/mol. The van der Waals surface area contributed by atoms with Crippen LogP contribution in [0.1, 0.15) is 26.4 Å². The number of amides is 1. The standard InChI is InChI=1S/C21H24N2O3S/c1-14-15(2)27-21(23-11-5-6-12-23)19(14)20(24)22-10-9-16-7-8-17(25-3)18(13-16)26-4/h5-8,11-13H,9-10H2,1-4H3,(H,22,24). The van der Waals surface area contributed by atoms with Crippen molar-refractivity contribution in [2.24, 2.45) is 0 Å². The average Bonchev–Trinajstić information content (AvgIpc) is 3.30. The first-order valence-corrected chi connectivity index (χ1v) is 9.59. The van der Waals surface area contributed by atoms with Gasteiger partial charge in [0, 0.05) is 23.8 Å². The molecule has 5 nitrogen and oxygen atoms in total. The maximum absolute atomic E-state index is 12.8. The minimum absolute atomic E-state index is 0.0407. The first-order chi connectivity index (χ1) is 13.0. The van der Waals surface area contributed by atoms with E-state index in [4.69, 9.17) is 9.47 Å². The summed E-state index contributed by atoms with van der Waals surface area (Å²) in [5.74, 6) is 1.35. The Kier molecular flexibility index (Phi) is 5.86. The predicted octanol–water partition coefficient (Wildman–Crippen LogP) is 4.15. The Bertz CT molecular complexity index is 929. The van der Waals surface area contributed by atoms with Crippen LogP contribution in [0.5, 0.6) is 11.5 Å². The van der Waals surface area contributed by atoms with Gasteiger partial charge < -0.3 is 19.4 Å². The first kappa shape index (κ1) is 19.0. The predicted molar refractivity (Wildman–Crippen MR) is 109 cm³/mol. The van der Waals surface area contributed by atoms with Gasteiger partial charge in [0.15, 0.2) is 11.5 Å². The third-order valence-electron chi connectivity index (χ3n) is 4.58. The van der Waals surface area contributed by atoms with Crippen molar-refractivity contribution in [1.29, 1.82) is 0 Å². The molecule has 1 aromatic carbocycles. The molecule has 2 heterocycles. The van der Waals surface area contributed by atoms with Crippen LogP contribution in [0.15, 0.2) is 42.7 Å².